The Morgan fingerprint density at radius 2 is 1.30 bits per heavy atom. The van der Waals surface area contributed by atoms with Gasteiger partial charge in [-0.2, -0.15) is 0 Å². The monoisotopic (exact) mass is 636 g/mol. The summed E-state index contributed by atoms with van der Waals surface area (Å²) in [6.07, 6.45) is 2.11. The third-order valence-corrected chi connectivity index (χ3v) is 9.91. The molecule has 2 saturated heterocycles. The van der Waals surface area contributed by atoms with Crippen LogP contribution in [0.25, 0.3) is 0 Å². The molecular weight excluding hydrogens is 608 g/mol. The molecular formula is C35H28N2O10. The fourth-order valence-corrected chi connectivity index (χ4v) is 7.93. The van der Waals surface area contributed by atoms with Crippen LogP contribution < -0.4 is 14.5 Å². The van der Waals surface area contributed by atoms with E-state index in [0.29, 0.717) is 11.1 Å². The number of hydrogen-bond acceptors (Lipinski definition) is 8. The maximum atomic E-state index is 14.2. The van der Waals surface area contributed by atoms with Crippen LogP contribution in [0.15, 0.2) is 78.4 Å². The summed E-state index contributed by atoms with van der Waals surface area (Å²) in [5.74, 6) is -9.36. The molecule has 0 aromatic heterocycles. The molecule has 7 rings (SSSR count). The Kier molecular flexibility index (Phi) is 6.96. The molecule has 12 nitrogen and oxygen atoms in total. The Morgan fingerprint density at radius 3 is 1.85 bits per heavy atom. The molecule has 2 aliphatic carbocycles. The van der Waals surface area contributed by atoms with Gasteiger partial charge in [-0.3, -0.25) is 29.0 Å². The van der Waals surface area contributed by atoms with Crippen molar-refractivity contribution in [3.05, 3.63) is 95.1 Å². The minimum atomic E-state index is -1.22. The molecule has 3 aromatic carbocycles. The summed E-state index contributed by atoms with van der Waals surface area (Å²) in [5, 5.41) is 29.8. The van der Waals surface area contributed by atoms with Crippen molar-refractivity contribution in [2.75, 3.05) is 16.9 Å². The van der Waals surface area contributed by atoms with Gasteiger partial charge in [-0.25, -0.2) is 9.59 Å². The summed E-state index contributed by atoms with van der Waals surface area (Å²) >= 11 is 0. The van der Waals surface area contributed by atoms with Gasteiger partial charge in [-0.05, 0) is 72.9 Å². The molecule has 4 amide bonds. The number of phenolic OH excluding ortho intramolecular Hbond substituents is 1. The average Bonchev–Trinajstić information content (AvgIpc) is 3.47. The van der Waals surface area contributed by atoms with Crippen LogP contribution in [0.5, 0.6) is 11.5 Å². The first-order valence-electron chi connectivity index (χ1n) is 15.0. The van der Waals surface area contributed by atoms with Gasteiger partial charge in [-0.1, -0.05) is 29.8 Å². The van der Waals surface area contributed by atoms with Gasteiger partial charge in [0.15, 0.2) is 11.5 Å². The Hall–Kier alpha value is -5.78. The van der Waals surface area contributed by atoms with Crippen molar-refractivity contribution in [2.45, 2.75) is 18.8 Å². The van der Waals surface area contributed by atoms with Gasteiger partial charge in [0.05, 0.1) is 53.3 Å². The number of amides is 4. The van der Waals surface area contributed by atoms with Crippen molar-refractivity contribution in [2.24, 2.45) is 29.6 Å². The first-order chi connectivity index (χ1) is 22.5. The Morgan fingerprint density at radius 1 is 0.723 bits per heavy atom. The SMILES string of the molecule is COc1ccc([C@H]2C3=CC[C@@H]4C(=O)N(c5cccc(C(=O)O)c5)C(=O)[C@@H]4[C@@H]3C[C@H]3C(=O)N(c4cccc(C(=O)O)c4)C(=O)[C@@H]23)cc1O. The van der Waals surface area contributed by atoms with E-state index < -0.39 is 71.1 Å². The third-order valence-electron chi connectivity index (χ3n) is 9.91. The highest BCUT2D eigenvalue weighted by molar-refractivity contribution is 6.24. The number of benzene rings is 3. The van der Waals surface area contributed by atoms with Crippen molar-refractivity contribution in [3.8, 4) is 11.5 Å². The number of hydrogen-bond donors (Lipinski definition) is 3. The molecule has 47 heavy (non-hydrogen) atoms. The quantitative estimate of drug-likeness (QED) is 0.266. The number of methoxy groups -OCH3 is 1. The number of carboxylic acids is 2. The zero-order chi connectivity index (χ0) is 33.3. The lowest BCUT2D eigenvalue weighted by molar-refractivity contribution is -0.126. The summed E-state index contributed by atoms with van der Waals surface area (Å²) in [6.45, 7) is 0. The summed E-state index contributed by atoms with van der Waals surface area (Å²) in [7, 11) is 1.40. The molecule has 0 bridgehead atoms. The second-order valence-electron chi connectivity index (χ2n) is 12.2. The fraction of sp³-hybridized carbons (Fsp3) is 0.257. The summed E-state index contributed by atoms with van der Waals surface area (Å²) < 4.78 is 5.22. The zero-order valence-corrected chi connectivity index (χ0v) is 24.9. The molecule has 0 unspecified atom stereocenters. The van der Waals surface area contributed by atoms with E-state index in [4.69, 9.17) is 4.74 Å². The average molecular weight is 637 g/mol. The highest BCUT2D eigenvalue weighted by Gasteiger charge is 2.62. The number of ether oxygens (including phenoxy) is 1. The van der Waals surface area contributed by atoms with Gasteiger partial charge in [0.2, 0.25) is 23.6 Å². The van der Waals surface area contributed by atoms with Crippen molar-refractivity contribution in [3.63, 3.8) is 0 Å². The lowest BCUT2D eigenvalue weighted by Crippen LogP contribution is -2.43. The smallest absolute Gasteiger partial charge is 0.335 e. The maximum absolute atomic E-state index is 14.2. The Bertz CT molecular complexity index is 1950. The molecule has 3 aromatic rings. The number of aromatic carboxylic acids is 2. The molecule has 4 aliphatic rings. The van der Waals surface area contributed by atoms with Gasteiger partial charge in [0.1, 0.15) is 0 Å². The number of carboxylic acid groups (broad SMARTS) is 2. The number of carbonyl (C=O) groups is 6. The molecule has 0 spiro atoms. The zero-order valence-electron chi connectivity index (χ0n) is 24.9. The van der Waals surface area contributed by atoms with Crippen LogP contribution in [0.1, 0.15) is 45.0 Å². The van der Waals surface area contributed by atoms with Gasteiger partial charge in [0.25, 0.3) is 0 Å². The van der Waals surface area contributed by atoms with E-state index in [1.165, 1.54) is 61.7 Å². The van der Waals surface area contributed by atoms with Crippen molar-refractivity contribution in [1.29, 1.82) is 0 Å². The van der Waals surface area contributed by atoms with Crippen molar-refractivity contribution >= 4 is 46.9 Å². The lowest BCUT2D eigenvalue weighted by atomic mass is 9.57. The number of aromatic hydroxyl groups is 1. The second kappa shape index (κ2) is 10.9. The van der Waals surface area contributed by atoms with Crippen LogP contribution in [0.4, 0.5) is 11.4 Å². The van der Waals surface area contributed by atoms with Crippen molar-refractivity contribution < 1.29 is 48.8 Å². The minimum absolute atomic E-state index is 0.0814. The molecule has 3 fully saturated rings. The molecule has 0 radical (unpaired) electrons. The summed E-state index contributed by atoms with van der Waals surface area (Å²) in [6, 6.07) is 15.8. The van der Waals surface area contributed by atoms with E-state index in [2.05, 4.69) is 0 Å². The number of nitrogens with zero attached hydrogens (tertiary/aromatic N) is 2. The van der Waals surface area contributed by atoms with Gasteiger partial charge < -0.3 is 20.1 Å². The highest BCUT2D eigenvalue weighted by Crippen LogP contribution is 2.58. The minimum Gasteiger partial charge on any atom is -0.504 e. The van der Waals surface area contributed by atoms with Crippen LogP contribution in [-0.4, -0.2) is 58.0 Å². The predicted octanol–water partition coefficient (Wildman–Crippen LogP) is 3.84. The largest absolute Gasteiger partial charge is 0.504 e. The number of imide groups is 2. The molecule has 2 aliphatic heterocycles. The van der Waals surface area contributed by atoms with E-state index >= 15 is 0 Å². The van der Waals surface area contributed by atoms with Crippen LogP contribution >= 0.6 is 0 Å². The third kappa shape index (κ3) is 4.50. The van der Waals surface area contributed by atoms with E-state index in [-0.39, 0.29) is 46.8 Å². The van der Waals surface area contributed by atoms with Crippen LogP contribution in [-0.2, 0) is 19.2 Å². The summed E-state index contributed by atoms with van der Waals surface area (Å²) in [5.41, 5.74) is 1.27. The second-order valence-corrected chi connectivity index (χ2v) is 12.2. The molecule has 1 saturated carbocycles. The predicted molar refractivity (Wildman–Crippen MR) is 164 cm³/mol. The van der Waals surface area contributed by atoms with Crippen molar-refractivity contribution in [1.82, 2.24) is 0 Å². The topological polar surface area (TPSA) is 179 Å². The molecule has 6 atom stereocenters. The number of carbonyl (C=O) groups excluding carboxylic acids is 4. The standard InChI is InChI=1S/C35H28N2O10/c1-47-26-11-8-16(14-25(26)38)27-21-9-10-22-28(32(41)36(30(22)39)19-6-2-4-17(12-19)34(43)44)23(21)15-24-29(27)33(42)37(31(24)40)20-7-3-5-18(13-20)35(45)46/h2-9,11-14,22-24,27-29,38H,10,15H2,1H3,(H,43,44)(H,45,46)/t22-,23+,24+,27-,28-,29+/m0/s1. The number of anilines is 2. The molecule has 12 heteroatoms. The molecule has 3 N–H and O–H groups in total. The highest BCUT2D eigenvalue weighted by atomic mass is 16.5. The van der Waals surface area contributed by atoms with Crippen LogP contribution in [0.3, 0.4) is 0 Å². The van der Waals surface area contributed by atoms with E-state index in [1.54, 1.807) is 12.1 Å². The number of rotatable bonds is 6. The first kappa shape index (κ1) is 29.9. The first-order valence-corrected chi connectivity index (χ1v) is 15.0. The Balaban J connectivity index is 1.33. The molecule has 238 valence electrons. The van der Waals surface area contributed by atoms with E-state index in [0.717, 1.165) is 9.80 Å². The lowest BCUT2D eigenvalue weighted by Gasteiger charge is -2.44. The Labute approximate surface area is 267 Å². The number of fused-ring (bicyclic) bond motifs is 4. The van der Waals surface area contributed by atoms with Gasteiger partial charge >= 0.3 is 11.9 Å². The number of allylic oxidation sites excluding steroid dienone is 2. The normalized spacial score (nSPS) is 26.4. The summed E-state index contributed by atoms with van der Waals surface area (Å²) in [4.78, 5) is 81.6. The van der Waals surface area contributed by atoms with Gasteiger partial charge in [0, 0.05) is 5.92 Å². The number of phenols is 1. The van der Waals surface area contributed by atoms with Crippen LogP contribution in [0, 0.1) is 29.6 Å². The van der Waals surface area contributed by atoms with E-state index in [9.17, 15) is 44.1 Å². The van der Waals surface area contributed by atoms with E-state index in [1.807, 2.05) is 6.08 Å². The molecule has 2 heterocycles. The van der Waals surface area contributed by atoms with Gasteiger partial charge in [-0.15, -0.1) is 0 Å². The fourth-order valence-electron chi connectivity index (χ4n) is 7.93. The van der Waals surface area contributed by atoms with Crippen LogP contribution in [0.2, 0.25) is 0 Å². The maximum Gasteiger partial charge on any atom is 0.335 e.